The number of nitrogens with two attached hydrogens (primary N) is 1. The Morgan fingerprint density at radius 3 is 2.68 bits per heavy atom. The topological polar surface area (TPSA) is 49.6 Å². The molecule has 0 aliphatic carbocycles. The lowest BCUT2D eigenvalue weighted by Crippen LogP contribution is -2.34. The summed E-state index contributed by atoms with van der Waals surface area (Å²) >= 11 is 3.35. The summed E-state index contributed by atoms with van der Waals surface area (Å²) in [6, 6.07) is 5.42. The lowest BCUT2D eigenvalue weighted by atomic mass is 10.1. The van der Waals surface area contributed by atoms with Crippen molar-refractivity contribution < 1.29 is 4.79 Å². The van der Waals surface area contributed by atoms with Crippen molar-refractivity contribution in [3.8, 4) is 0 Å². The minimum Gasteiger partial charge on any atom is -0.398 e. The fourth-order valence-corrected chi connectivity index (χ4v) is 2.53. The lowest BCUT2D eigenvalue weighted by molar-refractivity contribution is 0.0764. The van der Waals surface area contributed by atoms with Gasteiger partial charge in [-0.05, 0) is 38.2 Å². The number of rotatable bonds is 1. The van der Waals surface area contributed by atoms with E-state index < -0.39 is 0 Å². The molecule has 1 aromatic rings. The Bertz CT molecular complexity index is 456. The molecular formula is C13H19BrClN3O. The van der Waals surface area contributed by atoms with Crippen LogP contribution in [0.4, 0.5) is 5.69 Å². The summed E-state index contributed by atoms with van der Waals surface area (Å²) in [5, 5.41) is 0. The van der Waals surface area contributed by atoms with Crippen LogP contribution in [0.5, 0.6) is 0 Å². The molecule has 1 heterocycles. The average Bonchev–Trinajstić information content (AvgIpc) is 2.53. The highest BCUT2D eigenvalue weighted by Gasteiger charge is 2.20. The summed E-state index contributed by atoms with van der Waals surface area (Å²) in [5.41, 5.74) is 7.04. The smallest absolute Gasteiger partial charge is 0.255 e. The standard InChI is InChI=1S/C13H18BrN3O.ClH/c1-16-5-2-6-17(8-7-16)13(18)11-4-3-10(14)9-12(11)15;/h3-4,9H,2,5-8,15H2,1H3;1H. The summed E-state index contributed by atoms with van der Waals surface area (Å²) in [5.74, 6) is 0.0373. The van der Waals surface area contributed by atoms with Crippen molar-refractivity contribution in [2.75, 3.05) is 39.0 Å². The summed E-state index contributed by atoms with van der Waals surface area (Å²) in [7, 11) is 2.09. The van der Waals surface area contributed by atoms with Gasteiger partial charge in [0, 0.05) is 29.8 Å². The molecule has 1 aliphatic rings. The first kappa shape index (κ1) is 16.3. The number of hydrogen-bond donors (Lipinski definition) is 1. The Morgan fingerprint density at radius 2 is 2.00 bits per heavy atom. The minimum absolute atomic E-state index is 0. The molecular weight excluding hydrogens is 330 g/mol. The second-order valence-corrected chi connectivity index (χ2v) is 5.60. The third-order valence-corrected chi connectivity index (χ3v) is 3.74. The van der Waals surface area contributed by atoms with Gasteiger partial charge in [0.05, 0.1) is 5.56 Å². The van der Waals surface area contributed by atoms with Gasteiger partial charge in [0.1, 0.15) is 0 Å². The van der Waals surface area contributed by atoms with Crippen LogP contribution in [0.15, 0.2) is 22.7 Å². The number of halogens is 2. The molecule has 106 valence electrons. The van der Waals surface area contributed by atoms with Crippen LogP contribution in [-0.4, -0.2) is 48.9 Å². The van der Waals surface area contributed by atoms with Gasteiger partial charge in [0.2, 0.25) is 0 Å². The van der Waals surface area contributed by atoms with Gasteiger partial charge >= 0.3 is 0 Å². The van der Waals surface area contributed by atoms with E-state index in [0.29, 0.717) is 11.3 Å². The van der Waals surface area contributed by atoms with E-state index in [9.17, 15) is 4.79 Å². The van der Waals surface area contributed by atoms with Crippen molar-refractivity contribution in [3.05, 3.63) is 28.2 Å². The Labute approximate surface area is 128 Å². The Kier molecular flexibility index (Phi) is 6.10. The number of likely N-dealkylation sites (N-methyl/N-ethyl adjacent to an activating group) is 1. The molecule has 2 N–H and O–H groups in total. The van der Waals surface area contributed by atoms with Crippen LogP contribution in [0.1, 0.15) is 16.8 Å². The van der Waals surface area contributed by atoms with Crippen molar-refractivity contribution in [2.45, 2.75) is 6.42 Å². The van der Waals surface area contributed by atoms with Crippen LogP contribution >= 0.6 is 28.3 Å². The zero-order chi connectivity index (χ0) is 13.1. The molecule has 2 rings (SSSR count). The van der Waals surface area contributed by atoms with Crippen molar-refractivity contribution in [3.63, 3.8) is 0 Å². The monoisotopic (exact) mass is 347 g/mol. The van der Waals surface area contributed by atoms with E-state index in [-0.39, 0.29) is 18.3 Å². The first-order chi connectivity index (χ1) is 8.58. The van der Waals surface area contributed by atoms with E-state index in [4.69, 9.17) is 5.73 Å². The number of hydrogen-bond acceptors (Lipinski definition) is 3. The summed E-state index contributed by atoms with van der Waals surface area (Å²) in [6.45, 7) is 3.53. The normalized spacial score (nSPS) is 16.6. The quantitative estimate of drug-likeness (QED) is 0.792. The molecule has 0 spiro atoms. The molecule has 1 aromatic carbocycles. The average molecular weight is 349 g/mol. The highest BCUT2D eigenvalue weighted by molar-refractivity contribution is 9.10. The van der Waals surface area contributed by atoms with Crippen molar-refractivity contribution >= 4 is 39.9 Å². The number of anilines is 1. The summed E-state index contributed by atoms with van der Waals surface area (Å²) < 4.78 is 0.896. The number of benzene rings is 1. The van der Waals surface area contributed by atoms with E-state index in [2.05, 4.69) is 27.9 Å². The van der Waals surface area contributed by atoms with E-state index >= 15 is 0 Å². The number of amides is 1. The third-order valence-electron chi connectivity index (χ3n) is 3.25. The predicted octanol–water partition coefficient (Wildman–Crippen LogP) is 2.23. The van der Waals surface area contributed by atoms with Gasteiger partial charge in [-0.2, -0.15) is 0 Å². The van der Waals surface area contributed by atoms with Crippen LogP contribution in [0.25, 0.3) is 0 Å². The highest BCUT2D eigenvalue weighted by Crippen LogP contribution is 2.20. The predicted molar refractivity (Wildman–Crippen MR) is 83.8 cm³/mol. The molecule has 0 atom stereocenters. The maximum atomic E-state index is 12.4. The maximum absolute atomic E-state index is 12.4. The zero-order valence-corrected chi connectivity index (χ0v) is 13.3. The molecule has 4 nitrogen and oxygen atoms in total. The van der Waals surface area contributed by atoms with Gasteiger partial charge in [-0.15, -0.1) is 12.4 Å². The van der Waals surface area contributed by atoms with Gasteiger partial charge in [0.25, 0.3) is 5.91 Å². The number of carbonyl (C=O) groups is 1. The molecule has 1 aliphatic heterocycles. The number of nitrogen functional groups attached to an aromatic ring is 1. The van der Waals surface area contributed by atoms with Crippen molar-refractivity contribution in [2.24, 2.45) is 0 Å². The van der Waals surface area contributed by atoms with Gasteiger partial charge in [-0.1, -0.05) is 15.9 Å². The van der Waals surface area contributed by atoms with Gasteiger partial charge in [-0.3, -0.25) is 4.79 Å². The molecule has 1 saturated heterocycles. The molecule has 0 aromatic heterocycles. The van der Waals surface area contributed by atoms with E-state index in [0.717, 1.165) is 37.1 Å². The molecule has 1 amide bonds. The lowest BCUT2D eigenvalue weighted by Gasteiger charge is -2.21. The molecule has 1 fully saturated rings. The molecule has 0 radical (unpaired) electrons. The van der Waals surface area contributed by atoms with Crippen LogP contribution < -0.4 is 5.73 Å². The maximum Gasteiger partial charge on any atom is 0.255 e. The van der Waals surface area contributed by atoms with Crippen LogP contribution in [0, 0.1) is 0 Å². The largest absolute Gasteiger partial charge is 0.398 e. The SMILES string of the molecule is CN1CCCN(C(=O)c2ccc(Br)cc2N)CC1.Cl. The molecule has 6 heteroatoms. The van der Waals surface area contributed by atoms with Crippen molar-refractivity contribution in [1.29, 1.82) is 0 Å². The molecule has 0 unspecified atom stereocenters. The van der Waals surface area contributed by atoms with Gasteiger partial charge < -0.3 is 15.5 Å². The fourth-order valence-electron chi connectivity index (χ4n) is 2.15. The van der Waals surface area contributed by atoms with Gasteiger partial charge in [0.15, 0.2) is 0 Å². The Hall–Kier alpha value is -0.780. The Morgan fingerprint density at radius 1 is 1.26 bits per heavy atom. The van der Waals surface area contributed by atoms with E-state index in [1.54, 1.807) is 12.1 Å². The highest BCUT2D eigenvalue weighted by atomic mass is 79.9. The second-order valence-electron chi connectivity index (χ2n) is 4.68. The van der Waals surface area contributed by atoms with Gasteiger partial charge in [-0.25, -0.2) is 0 Å². The first-order valence-electron chi connectivity index (χ1n) is 6.11. The number of carbonyl (C=O) groups excluding carboxylic acids is 1. The Balaban J connectivity index is 0.00000180. The molecule has 0 bridgehead atoms. The minimum atomic E-state index is 0. The molecule has 19 heavy (non-hydrogen) atoms. The summed E-state index contributed by atoms with van der Waals surface area (Å²) in [6.07, 6.45) is 1.01. The first-order valence-corrected chi connectivity index (χ1v) is 6.90. The van der Waals surface area contributed by atoms with Crippen LogP contribution in [0.2, 0.25) is 0 Å². The zero-order valence-electron chi connectivity index (χ0n) is 10.9. The summed E-state index contributed by atoms with van der Waals surface area (Å²) in [4.78, 5) is 16.5. The van der Waals surface area contributed by atoms with Crippen molar-refractivity contribution in [1.82, 2.24) is 9.80 Å². The van der Waals surface area contributed by atoms with Crippen LogP contribution in [-0.2, 0) is 0 Å². The van der Waals surface area contributed by atoms with Crippen LogP contribution in [0.3, 0.4) is 0 Å². The van der Waals surface area contributed by atoms with E-state index in [1.807, 2.05) is 11.0 Å². The van der Waals surface area contributed by atoms with E-state index in [1.165, 1.54) is 0 Å². The fraction of sp³-hybridized carbons (Fsp3) is 0.462. The molecule has 0 saturated carbocycles. The second kappa shape index (κ2) is 7.12. The third kappa shape index (κ3) is 4.09. The number of nitrogens with zero attached hydrogens (tertiary/aromatic N) is 2.